The Morgan fingerprint density at radius 3 is 2.62 bits per heavy atom. The van der Waals surface area contributed by atoms with E-state index in [4.69, 9.17) is 0 Å². The van der Waals surface area contributed by atoms with Gasteiger partial charge in [-0.3, -0.25) is 0 Å². The summed E-state index contributed by atoms with van der Waals surface area (Å²) in [5.41, 5.74) is -0.0233. The van der Waals surface area contributed by atoms with Gasteiger partial charge < -0.3 is 15.5 Å². The molecule has 0 heterocycles. The van der Waals surface area contributed by atoms with Gasteiger partial charge in [0.25, 0.3) is 0 Å². The van der Waals surface area contributed by atoms with Crippen LogP contribution in [0.25, 0.3) is 0 Å². The van der Waals surface area contributed by atoms with E-state index in [0.717, 1.165) is 43.9 Å². The Labute approximate surface area is 124 Å². The molecule has 3 unspecified atom stereocenters. The molecule has 118 valence electrons. The van der Waals surface area contributed by atoms with Gasteiger partial charge >= 0.3 is 0 Å². The molecule has 0 spiro atoms. The first kappa shape index (κ1) is 16.3. The fourth-order valence-corrected chi connectivity index (χ4v) is 3.08. The van der Waals surface area contributed by atoms with Crippen LogP contribution in [0, 0.1) is 23.5 Å². The van der Waals surface area contributed by atoms with Gasteiger partial charge in [0, 0.05) is 18.7 Å². The summed E-state index contributed by atoms with van der Waals surface area (Å²) in [6.45, 7) is 1.04. The third-order valence-corrected chi connectivity index (χ3v) is 4.36. The van der Waals surface area contributed by atoms with Gasteiger partial charge in [-0.15, -0.1) is 0 Å². The van der Waals surface area contributed by atoms with Crippen molar-refractivity contribution >= 4 is 0 Å². The minimum Gasteiger partial charge on any atom is -0.396 e. The molecule has 3 atom stereocenters. The molecule has 1 fully saturated rings. The van der Waals surface area contributed by atoms with Crippen LogP contribution in [0.4, 0.5) is 8.78 Å². The summed E-state index contributed by atoms with van der Waals surface area (Å²) < 4.78 is 26.6. The van der Waals surface area contributed by atoms with E-state index < -0.39 is 17.7 Å². The van der Waals surface area contributed by atoms with Gasteiger partial charge in [-0.2, -0.15) is 0 Å². The number of halogens is 2. The lowest BCUT2D eigenvalue weighted by atomic mass is 9.79. The zero-order chi connectivity index (χ0) is 15.2. The van der Waals surface area contributed by atoms with Crippen molar-refractivity contribution in [2.45, 2.75) is 31.8 Å². The van der Waals surface area contributed by atoms with Crippen LogP contribution in [0.1, 0.15) is 37.4 Å². The quantitative estimate of drug-likeness (QED) is 0.756. The lowest BCUT2D eigenvalue weighted by Crippen LogP contribution is -2.34. The topological polar surface area (TPSA) is 52.5 Å². The number of hydrogen-bond acceptors (Lipinski definition) is 3. The fourth-order valence-electron chi connectivity index (χ4n) is 3.08. The SMILES string of the molecule is OCC1CCCCC1CNCC(O)c1cc(F)ccc1F. The van der Waals surface area contributed by atoms with Crippen LogP contribution in [-0.4, -0.2) is 29.9 Å². The second-order valence-corrected chi connectivity index (χ2v) is 5.83. The van der Waals surface area contributed by atoms with E-state index in [9.17, 15) is 19.0 Å². The van der Waals surface area contributed by atoms with Crippen LogP contribution in [0.5, 0.6) is 0 Å². The maximum atomic E-state index is 13.5. The van der Waals surface area contributed by atoms with Gasteiger partial charge in [-0.25, -0.2) is 8.78 Å². The third-order valence-electron chi connectivity index (χ3n) is 4.36. The van der Waals surface area contributed by atoms with E-state index in [0.29, 0.717) is 18.4 Å². The van der Waals surface area contributed by atoms with Crippen molar-refractivity contribution in [3.63, 3.8) is 0 Å². The average molecular weight is 299 g/mol. The van der Waals surface area contributed by atoms with E-state index in [1.54, 1.807) is 0 Å². The maximum Gasteiger partial charge on any atom is 0.129 e. The Hall–Kier alpha value is -1.04. The number of benzene rings is 1. The van der Waals surface area contributed by atoms with Gasteiger partial charge in [-0.1, -0.05) is 12.8 Å². The Bertz CT molecular complexity index is 456. The van der Waals surface area contributed by atoms with Crippen LogP contribution in [-0.2, 0) is 0 Å². The van der Waals surface area contributed by atoms with Crippen LogP contribution in [0.15, 0.2) is 18.2 Å². The molecule has 1 saturated carbocycles. The number of aliphatic hydroxyl groups excluding tert-OH is 2. The first-order valence-corrected chi connectivity index (χ1v) is 7.56. The van der Waals surface area contributed by atoms with E-state index >= 15 is 0 Å². The highest BCUT2D eigenvalue weighted by Gasteiger charge is 2.24. The van der Waals surface area contributed by atoms with Crippen LogP contribution < -0.4 is 5.32 Å². The predicted octanol–water partition coefficient (Wildman–Crippen LogP) is 2.39. The Kier molecular flexibility index (Phi) is 6.08. The molecule has 1 aromatic carbocycles. The highest BCUT2D eigenvalue weighted by atomic mass is 19.1. The number of nitrogens with one attached hydrogen (secondary N) is 1. The normalized spacial score (nSPS) is 24.0. The summed E-state index contributed by atoms with van der Waals surface area (Å²) >= 11 is 0. The number of aliphatic hydroxyl groups is 2. The van der Waals surface area contributed by atoms with Crippen LogP contribution in [0.2, 0.25) is 0 Å². The second-order valence-electron chi connectivity index (χ2n) is 5.83. The molecule has 0 aliphatic heterocycles. The summed E-state index contributed by atoms with van der Waals surface area (Å²) in [4.78, 5) is 0. The highest BCUT2D eigenvalue weighted by molar-refractivity contribution is 5.21. The van der Waals surface area contributed by atoms with Gasteiger partial charge in [0.2, 0.25) is 0 Å². The Morgan fingerprint density at radius 1 is 1.19 bits per heavy atom. The summed E-state index contributed by atoms with van der Waals surface area (Å²) in [6, 6.07) is 3.09. The van der Waals surface area contributed by atoms with Crippen molar-refractivity contribution < 1.29 is 19.0 Å². The molecular weight excluding hydrogens is 276 g/mol. The zero-order valence-electron chi connectivity index (χ0n) is 12.1. The van der Waals surface area contributed by atoms with E-state index in [1.165, 1.54) is 0 Å². The molecule has 0 saturated heterocycles. The van der Waals surface area contributed by atoms with Crippen molar-refractivity contribution in [1.29, 1.82) is 0 Å². The zero-order valence-corrected chi connectivity index (χ0v) is 12.1. The van der Waals surface area contributed by atoms with Gasteiger partial charge in [0.15, 0.2) is 0 Å². The molecule has 1 aliphatic rings. The molecule has 0 aromatic heterocycles. The smallest absolute Gasteiger partial charge is 0.129 e. The van der Waals surface area contributed by atoms with Gasteiger partial charge in [0.05, 0.1) is 6.10 Å². The number of rotatable bonds is 6. The number of hydrogen-bond donors (Lipinski definition) is 3. The van der Waals surface area contributed by atoms with E-state index in [1.807, 2.05) is 0 Å². The summed E-state index contributed by atoms with van der Waals surface area (Å²) in [7, 11) is 0. The highest BCUT2D eigenvalue weighted by Crippen LogP contribution is 2.29. The monoisotopic (exact) mass is 299 g/mol. The summed E-state index contributed by atoms with van der Waals surface area (Å²) in [6.07, 6.45) is 3.33. The van der Waals surface area contributed by atoms with Crippen molar-refractivity contribution in [1.82, 2.24) is 5.32 Å². The fraction of sp³-hybridized carbons (Fsp3) is 0.625. The van der Waals surface area contributed by atoms with Gasteiger partial charge in [-0.05, 0) is 49.4 Å². The summed E-state index contributed by atoms with van der Waals surface area (Å²) in [5.74, 6) is -0.475. The largest absolute Gasteiger partial charge is 0.396 e. The minimum absolute atomic E-state index is 0.0233. The Morgan fingerprint density at radius 2 is 1.90 bits per heavy atom. The van der Waals surface area contributed by atoms with Crippen LogP contribution in [0.3, 0.4) is 0 Å². The van der Waals surface area contributed by atoms with Crippen LogP contribution >= 0.6 is 0 Å². The molecule has 21 heavy (non-hydrogen) atoms. The molecule has 0 bridgehead atoms. The van der Waals surface area contributed by atoms with E-state index in [2.05, 4.69) is 5.32 Å². The van der Waals surface area contributed by atoms with Gasteiger partial charge in [0.1, 0.15) is 11.6 Å². The van der Waals surface area contributed by atoms with E-state index in [-0.39, 0.29) is 18.7 Å². The maximum absolute atomic E-state index is 13.5. The van der Waals surface area contributed by atoms with Crippen molar-refractivity contribution in [2.75, 3.05) is 19.7 Å². The molecule has 3 N–H and O–H groups in total. The minimum atomic E-state index is -1.07. The first-order valence-electron chi connectivity index (χ1n) is 7.56. The average Bonchev–Trinajstić information content (AvgIpc) is 2.50. The molecule has 3 nitrogen and oxygen atoms in total. The van der Waals surface area contributed by atoms with Crippen molar-refractivity contribution in [3.8, 4) is 0 Å². The molecular formula is C16H23F2NO2. The molecule has 0 amide bonds. The lowest BCUT2D eigenvalue weighted by Gasteiger charge is -2.30. The van der Waals surface area contributed by atoms with Crippen molar-refractivity contribution in [3.05, 3.63) is 35.4 Å². The summed E-state index contributed by atoms with van der Waals surface area (Å²) in [5, 5.41) is 22.4. The molecule has 1 aliphatic carbocycles. The third kappa shape index (κ3) is 4.46. The molecule has 1 aromatic rings. The Balaban J connectivity index is 1.83. The molecule has 2 rings (SSSR count). The molecule has 0 radical (unpaired) electrons. The molecule has 5 heteroatoms. The standard InChI is InChI=1S/C16H23F2NO2/c17-13-5-6-15(18)14(7-13)16(21)9-19-8-11-3-1-2-4-12(11)10-20/h5-7,11-12,16,19-21H,1-4,8-10H2. The predicted molar refractivity (Wildman–Crippen MR) is 76.7 cm³/mol. The lowest BCUT2D eigenvalue weighted by molar-refractivity contribution is 0.124. The second kappa shape index (κ2) is 7.82. The van der Waals surface area contributed by atoms with Crippen molar-refractivity contribution in [2.24, 2.45) is 11.8 Å². The first-order chi connectivity index (χ1) is 10.1.